The molecular weight excluding hydrogens is 308 g/mol. The predicted molar refractivity (Wildman–Crippen MR) is 87.1 cm³/mol. The minimum Gasteiger partial charge on any atom is -0.465 e. The second-order valence-electron chi connectivity index (χ2n) is 5.62. The lowest BCUT2D eigenvalue weighted by Gasteiger charge is -2.15. The number of carbonyl (C=O) groups excluding carboxylic acids is 3. The van der Waals surface area contributed by atoms with Crippen LogP contribution in [0.15, 0.2) is 24.4 Å². The molecule has 3 rings (SSSR count). The summed E-state index contributed by atoms with van der Waals surface area (Å²) in [5.74, 6) is -1.21. The molecule has 1 aliphatic carbocycles. The first-order valence-corrected chi connectivity index (χ1v) is 7.38. The molecule has 0 bridgehead atoms. The first kappa shape index (κ1) is 15.9. The van der Waals surface area contributed by atoms with Gasteiger partial charge >= 0.3 is 5.97 Å². The molecule has 2 aromatic rings. The summed E-state index contributed by atoms with van der Waals surface area (Å²) >= 11 is 0. The van der Waals surface area contributed by atoms with Gasteiger partial charge in [-0.2, -0.15) is 0 Å². The van der Waals surface area contributed by atoms with E-state index >= 15 is 0 Å². The number of esters is 1. The van der Waals surface area contributed by atoms with Gasteiger partial charge in [0.1, 0.15) is 5.69 Å². The van der Waals surface area contributed by atoms with Crippen molar-refractivity contribution in [2.75, 3.05) is 7.11 Å². The number of Topliss-reactive ketones (excluding diaryl/α,β-unsaturated/α-hetero) is 1. The third-order valence-electron chi connectivity index (χ3n) is 4.44. The molecule has 0 aliphatic heterocycles. The number of fused-ring (bicyclic) bond motifs is 1. The lowest BCUT2D eigenvalue weighted by atomic mass is 9.87. The lowest BCUT2D eigenvalue weighted by molar-refractivity contribution is 0.0599. The number of ether oxygens (including phenoxy) is 1. The average molecular weight is 324 g/mol. The van der Waals surface area contributed by atoms with E-state index in [1.807, 2.05) is 0 Å². The molecule has 1 aliphatic rings. The quantitative estimate of drug-likeness (QED) is 0.792. The Hall–Kier alpha value is -3.02. The van der Waals surface area contributed by atoms with Gasteiger partial charge in [-0.05, 0) is 32.1 Å². The molecule has 122 valence electrons. The van der Waals surface area contributed by atoms with Gasteiger partial charge in [0.2, 0.25) is 5.78 Å². The first-order valence-electron chi connectivity index (χ1n) is 7.38. The second-order valence-corrected chi connectivity index (χ2v) is 5.62. The van der Waals surface area contributed by atoms with Crippen molar-refractivity contribution in [2.45, 2.75) is 13.8 Å². The van der Waals surface area contributed by atoms with Crippen LogP contribution in [0.5, 0.6) is 0 Å². The summed E-state index contributed by atoms with van der Waals surface area (Å²) < 4.78 is 6.66. The average Bonchev–Trinajstić information content (AvgIpc) is 2.81. The smallest absolute Gasteiger partial charge is 0.340 e. The van der Waals surface area contributed by atoms with Crippen LogP contribution in [0.4, 0.5) is 0 Å². The van der Waals surface area contributed by atoms with Gasteiger partial charge in [-0.3, -0.25) is 14.6 Å². The topological polar surface area (TPSA) is 78.3 Å². The summed E-state index contributed by atoms with van der Waals surface area (Å²) in [5, 5.41) is 0. The Morgan fingerprint density at radius 1 is 1.21 bits per heavy atom. The zero-order valence-corrected chi connectivity index (χ0v) is 13.8. The maximum absolute atomic E-state index is 12.9. The highest BCUT2D eigenvalue weighted by atomic mass is 16.5. The number of aromatic nitrogens is 2. The van der Waals surface area contributed by atoms with Crippen LogP contribution in [0.3, 0.4) is 0 Å². The van der Waals surface area contributed by atoms with Crippen molar-refractivity contribution in [3.63, 3.8) is 0 Å². The van der Waals surface area contributed by atoms with Gasteiger partial charge in [-0.1, -0.05) is 0 Å². The molecule has 0 fully saturated rings. The number of carbonyl (C=O) groups is 3. The zero-order chi connectivity index (χ0) is 17.6. The molecule has 2 aromatic heterocycles. The standard InChI is InChI=1S/C18H16N2O4/c1-9-14(15(18(23)24-4)10(2)20(9)3)12-8-13(21)16-11(17(12)22)6-5-7-19-16/h5-8H,1-4H3. The normalized spacial score (nSPS) is 13.6. The highest BCUT2D eigenvalue weighted by molar-refractivity contribution is 6.39. The van der Waals surface area contributed by atoms with Crippen LogP contribution in [0, 0.1) is 13.8 Å². The van der Waals surface area contributed by atoms with Crippen molar-refractivity contribution in [2.24, 2.45) is 7.05 Å². The van der Waals surface area contributed by atoms with Crippen molar-refractivity contribution in [3.8, 4) is 0 Å². The SMILES string of the molecule is COC(=O)c1c(C2=CC(=O)c3ncccc3C2=O)c(C)n(C)c1C. The Bertz CT molecular complexity index is 935. The minimum atomic E-state index is -0.538. The molecule has 0 N–H and O–H groups in total. The molecule has 0 amide bonds. The number of nitrogens with zero attached hydrogens (tertiary/aromatic N) is 2. The van der Waals surface area contributed by atoms with Gasteiger partial charge in [0.15, 0.2) is 5.78 Å². The molecule has 0 atom stereocenters. The van der Waals surface area contributed by atoms with Crippen LogP contribution in [-0.2, 0) is 11.8 Å². The number of rotatable bonds is 2. The fourth-order valence-corrected chi connectivity index (χ4v) is 3.01. The Morgan fingerprint density at radius 2 is 1.92 bits per heavy atom. The molecule has 0 spiro atoms. The number of pyridine rings is 1. The maximum Gasteiger partial charge on any atom is 0.340 e. The second kappa shape index (κ2) is 5.56. The van der Waals surface area contributed by atoms with Gasteiger partial charge in [0, 0.05) is 35.8 Å². The molecular formula is C18H16N2O4. The molecule has 6 nitrogen and oxygen atoms in total. The van der Waals surface area contributed by atoms with E-state index in [1.165, 1.54) is 19.4 Å². The van der Waals surface area contributed by atoms with E-state index in [0.29, 0.717) is 22.5 Å². The minimum absolute atomic E-state index is 0.135. The van der Waals surface area contributed by atoms with Crippen molar-refractivity contribution >= 4 is 23.1 Å². The molecule has 0 radical (unpaired) electrons. The van der Waals surface area contributed by atoms with E-state index in [-0.39, 0.29) is 28.4 Å². The van der Waals surface area contributed by atoms with E-state index < -0.39 is 5.97 Å². The van der Waals surface area contributed by atoms with E-state index in [1.54, 1.807) is 37.6 Å². The fourth-order valence-electron chi connectivity index (χ4n) is 3.01. The van der Waals surface area contributed by atoms with Crippen LogP contribution >= 0.6 is 0 Å². The summed E-state index contributed by atoms with van der Waals surface area (Å²) in [6.45, 7) is 3.57. The maximum atomic E-state index is 12.9. The van der Waals surface area contributed by atoms with Crippen LogP contribution in [0.25, 0.3) is 5.57 Å². The number of allylic oxidation sites excluding steroid dienone is 2. The Morgan fingerprint density at radius 3 is 2.58 bits per heavy atom. The first-order chi connectivity index (χ1) is 11.4. The lowest BCUT2D eigenvalue weighted by Crippen LogP contribution is -2.19. The number of methoxy groups -OCH3 is 1. The van der Waals surface area contributed by atoms with Crippen LogP contribution in [0.2, 0.25) is 0 Å². The van der Waals surface area contributed by atoms with Gasteiger partial charge in [0.05, 0.1) is 18.2 Å². The van der Waals surface area contributed by atoms with Crippen molar-refractivity contribution < 1.29 is 19.1 Å². The van der Waals surface area contributed by atoms with Gasteiger partial charge < -0.3 is 9.30 Å². The van der Waals surface area contributed by atoms with Gasteiger partial charge in [0.25, 0.3) is 0 Å². The van der Waals surface area contributed by atoms with Gasteiger partial charge in [-0.25, -0.2) is 4.79 Å². The van der Waals surface area contributed by atoms with Crippen LogP contribution in [0.1, 0.15) is 48.2 Å². The third-order valence-corrected chi connectivity index (χ3v) is 4.44. The monoisotopic (exact) mass is 324 g/mol. The summed E-state index contributed by atoms with van der Waals surface area (Å²) in [6, 6.07) is 3.18. The van der Waals surface area contributed by atoms with Crippen molar-refractivity contribution in [1.29, 1.82) is 0 Å². The number of ketones is 2. The van der Waals surface area contributed by atoms with Gasteiger partial charge in [-0.15, -0.1) is 0 Å². The summed E-state index contributed by atoms with van der Waals surface area (Å²) in [7, 11) is 3.08. The molecule has 2 heterocycles. The number of hydrogen-bond donors (Lipinski definition) is 0. The van der Waals surface area contributed by atoms with E-state index in [2.05, 4.69) is 4.98 Å². The molecule has 24 heavy (non-hydrogen) atoms. The third kappa shape index (κ3) is 2.11. The van der Waals surface area contributed by atoms with Crippen LogP contribution in [-0.4, -0.2) is 34.2 Å². The zero-order valence-electron chi connectivity index (χ0n) is 13.8. The predicted octanol–water partition coefficient (Wildman–Crippen LogP) is 2.29. The Kier molecular flexibility index (Phi) is 3.67. The Labute approximate surface area is 138 Å². The summed E-state index contributed by atoms with van der Waals surface area (Å²) in [6.07, 6.45) is 2.73. The van der Waals surface area contributed by atoms with Crippen molar-refractivity contribution in [3.05, 3.63) is 58.2 Å². The summed E-state index contributed by atoms with van der Waals surface area (Å²) in [5.41, 5.74) is 2.71. The molecule has 0 aromatic carbocycles. The fraction of sp³-hybridized carbons (Fsp3) is 0.222. The summed E-state index contributed by atoms with van der Waals surface area (Å²) in [4.78, 5) is 41.4. The highest BCUT2D eigenvalue weighted by Gasteiger charge is 2.33. The molecule has 0 saturated heterocycles. The van der Waals surface area contributed by atoms with E-state index in [9.17, 15) is 14.4 Å². The molecule has 0 saturated carbocycles. The molecule has 6 heteroatoms. The Balaban J connectivity index is 2.28. The largest absolute Gasteiger partial charge is 0.465 e. The van der Waals surface area contributed by atoms with Crippen LogP contribution < -0.4 is 0 Å². The number of hydrogen-bond acceptors (Lipinski definition) is 5. The van der Waals surface area contributed by atoms with E-state index in [0.717, 1.165) is 0 Å². The highest BCUT2D eigenvalue weighted by Crippen LogP contribution is 2.34. The van der Waals surface area contributed by atoms with Crippen molar-refractivity contribution in [1.82, 2.24) is 9.55 Å². The molecule has 0 unspecified atom stereocenters. The van der Waals surface area contributed by atoms with E-state index in [4.69, 9.17) is 4.74 Å².